The number of ether oxygens (including phenoxy) is 1. The molecule has 0 saturated heterocycles. The summed E-state index contributed by atoms with van der Waals surface area (Å²) >= 11 is 0. The van der Waals surface area contributed by atoms with Crippen molar-refractivity contribution in [1.29, 1.82) is 0 Å². The number of rotatable bonds is 7. The Morgan fingerprint density at radius 1 is 1.40 bits per heavy atom. The molecule has 0 aliphatic carbocycles. The van der Waals surface area contributed by atoms with Crippen molar-refractivity contribution in [3.05, 3.63) is 24.3 Å². The van der Waals surface area contributed by atoms with Gasteiger partial charge < -0.3 is 21.1 Å². The summed E-state index contributed by atoms with van der Waals surface area (Å²) in [6.07, 6.45) is 0.852. The second kappa shape index (κ2) is 8.04. The molecule has 0 bridgehead atoms. The summed E-state index contributed by atoms with van der Waals surface area (Å²) in [5.41, 5.74) is 6.16. The number of amides is 2. The van der Waals surface area contributed by atoms with Gasteiger partial charge in [-0.2, -0.15) is 0 Å². The van der Waals surface area contributed by atoms with E-state index in [2.05, 4.69) is 10.6 Å². The Labute approximate surface area is 118 Å². The molecular weight excluding hydrogens is 258 g/mol. The lowest BCUT2D eigenvalue weighted by Gasteiger charge is -2.14. The van der Waals surface area contributed by atoms with Crippen LogP contribution < -0.4 is 21.1 Å². The topological polar surface area (TPSA) is 93.5 Å². The summed E-state index contributed by atoms with van der Waals surface area (Å²) in [6.45, 7) is 4.03. The third-order valence-corrected chi connectivity index (χ3v) is 2.55. The largest absolute Gasteiger partial charge is 0.484 e. The molecule has 0 aliphatic rings. The van der Waals surface area contributed by atoms with Crippen LogP contribution in [0.2, 0.25) is 0 Å². The van der Waals surface area contributed by atoms with Crippen molar-refractivity contribution >= 4 is 17.5 Å². The number of carbonyl (C=O) groups excluding carboxylic acids is 2. The van der Waals surface area contributed by atoms with Crippen LogP contribution in [-0.4, -0.2) is 31.0 Å². The number of benzene rings is 1. The maximum atomic E-state index is 11.6. The quantitative estimate of drug-likeness (QED) is 0.640. The Kier molecular flexibility index (Phi) is 6.36. The second-order valence-electron chi connectivity index (χ2n) is 4.44. The SMILES string of the molecule is CCCNC(=O)C(C)NC(=O)COc1cccc(N)c1. The molecule has 1 aromatic rings. The first-order valence-corrected chi connectivity index (χ1v) is 6.58. The van der Waals surface area contributed by atoms with Crippen molar-refractivity contribution in [2.24, 2.45) is 0 Å². The molecule has 6 heteroatoms. The van der Waals surface area contributed by atoms with Gasteiger partial charge in [-0.1, -0.05) is 13.0 Å². The van der Waals surface area contributed by atoms with Crippen molar-refractivity contribution in [2.45, 2.75) is 26.3 Å². The van der Waals surface area contributed by atoms with Crippen molar-refractivity contribution < 1.29 is 14.3 Å². The van der Waals surface area contributed by atoms with E-state index >= 15 is 0 Å². The Morgan fingerprint density at radius 3 is 2.80 bits per heavy atom. The highest BCUT2D eigenvalue weighted by atomic mass is 16.5. The molecule has 0 radical (unpaired) electrons. The van der Waals surface area contributed by atoms with Crippen LogP contribution >= 0.6 is 0 Å². The average Bonchev–Trinajstić information content (AvgIpc) is 2.42. The maximum absolute atomic E-state index is 11.6. The minimum atomic E-state index is -0.585. The van der Waals surface area contributed by atoms with E-state index in [1.807, 2.05) is 6.92 Å². The van der Waals surface area contributed by atoms with Crippen molar-refractivity contribution in [3.8, 4) is 5.75 Å². The Bertz CT molecular complexity index is 463. The molecule has 20 heavy (non-hydrogen) atoms. The molecule has 0 spiro atoms. The molecule has 0 heterocycles. The normalized spacial score (nSPS) is 11.5. The molecule has 0 aliphatic heterocycles. The Hall–Kier alpha value is -2.24. The fourth-order valence-corrected chi connectivity index (χ4v) is 1.50. The van der Waals surface area contributed by atoms with E-state index < -0.39 is 6.04 Å². The van der Waals surface area contributed by atoms with Gasteiger partial charge in [0.15, 0.2) is 6.61 Å². The zero-order valence-electron chi connectivity index (χ0n) is 11.8. The molecular formula is C14H21N3O3. The van der Waals surface area contributed by atoms with Crippen LogP contribution in [0.4, 0.5) is 5.69 Å². The van der Waals surface area contributed by atoms with Gasteiger partial charge in [-0.3, -0.25) is 9.59 Å². The van der Waals surface area contributed by atoms with Gasteiger partial charge in [0.25, 0.3) is 5.91 Å². The number of nitrogens with two attached hydrogens (primary N) is 1. The zero-order valence-corrected chi connectivity index (χ0v) is 11.8. The van der Waals surface area contributed by atoms with Crippen LogP contribution in [0.3, 0.4) is 0 Å². The number of hydrogen-bond acceptors (Lipinski definition) is 4. The molecule has 0 fully saturated rings. The number of hydrogen-bond donors (Lipinski definition) is 3. The van der Waals surface area contributed by atoms with Gasteiger partial charge >= 0.3 is 0 Å². The first-order chi connectivity index (χ1) is 9.52. The predicted octanol–water partition coefficient (Wildman–Crippen LogP) is 0.679. The lowest BCUT2D eigenvalue weighted by molar-refractivity contribution is -0.129. The van der Waals surface area contributed by atoms with Crippen molar-refractivity contribution in [3.63, 3.8) is 0 Å². The van der Waals surface area contributed by atoms with Crippen LogP contribution in [0.15, 0.2) is 24.3 Å². The third-order valence-electron chi connectivity index (χ3n) is 2.55. The first kappa shape index (κ1) is 15.8. The van der Waals surface area contributed by atoms with E-state index in [9.17, 15) is 9.59 Å². The minimum absolute atomic E-state index is 0.158. The van der Waals surface area contributed by atoms with E-state index in [0.29, 0.717) is 18.0 Å². The van der Waals surface area contributed by atoms with E-state index in [4.69, 9.17) is 10.5 Å². The summed E-state index contributed by atoms with van der Waals surface area (Å²) in [5, 5.41) is 5.27. The molecule has 110 valence electrons. The summed E-state index contributed by atoms with van der Waals surface area (Å²) in [6, 6.07) is 6.22. The summed E-state index contributed by atoms with van der Waals surface area (Å²) in [7, 11) is 0. The van der Waals surface area contributed by atoms with E-state index in [0.717, 1.165) is 6.42 Å². The zero-order chi connectivity index (χ0) is 15.0. The average molecular weight is 279 g/mol. The fraction of sp³-hybridized carbons (Fsp3) is 0.429. The molecule has 1 rings (SSSR count). The standard InChI is InChI=1S/C14H21N3O3/c1-3-7-16-14(19)10(2)17-13(18)9-20-12-6-4-5-11(15)8-12/h4-6,8,10H,3,7,9,15H2,1-2H3,(H,16,19)(H,17,18). The van der Waals surface area contributed by atoms with Crippen LogP contribution in [0.1, 0.15) is 20.3 Å². The third kappa shape index (κ3) is 5.60. The van der Waals surface area contributed by atoms with Crippen LogP contribution in [0.5, 0.6) is 5.75 Å². The lowest BCUT2D eigenvalue weighted by atomic mass is 10.3. The summed E-state index contributed by atoms with van der Waals surface area (Å²) < 4.78 is 5.29. The summed E-state index contributed by atoms with van der Waals surface area (Å²) in [4.78, 5) is 23.2. The van der Waals surface area contributed by atoms with E-state index in [1.165, 1.54) is 0 Å². The molecule has 4 N–H and O–H groups in total. The van der Waals surface area contributed by atoms with E-state index in [1.54, 1.807) is 31.2 Å². The maximum Gasteiger partial charge on any atom is 0.258 e. The lowest BCUT2D eigenvalue weighted by Crippen LogP contribution is -2.46. The molecule has 1 unspecified atom stereocenters. The van der Waals surface area contributed by atoms with Gasteiger partial charge in [-0.05, 0) is 25.5 Å². The molecule has 1 aromatic carbocycles. The highest BCUT2D eigenvalue weighted by Crippen LogP contribution is 2.13. The monoisotopic (exact) mass is 279 g/mol. The van der Waals surface area contributed by atoms with Gasteiger partial charge in [-0.15, -0.1) is 0 Å². The van der Waals surface area contributed by atoms with Crippen LogP contribution in [-0.2, 0) is 9.59 Å². The highest BCUT2D eigenvalue weighted by Gasteiger charge is 2.14. The van der Waals surface area contributed by atoms with Crippen LogP contribution in [0, 0.1) is 0 Å². The summed E-state index contributed by atoms with van der Waals surface area (Å²) in [5.74, 6) is -0.0426. The first-order valence-electron chi connectivity index (χ1n) is 6.58. The van der Waals surface area contributed by atoms with Crippen molar-refractivity contribution in [2.75, 3.05) is 18.9 Å². The molecule has 0 aromatic heterocycles. The fourth-order valence-electron chi connectivity index (χ4n) is 1.50. The molecule has 0 saturated carbocycles. The van der Waals surface area contributed by atoms with Crippen molar-refractivity contribution in [1.82, 2.24) is 10.6 Å². The Morgan fingerprint density at radius 2 is 2.15 bits per heavy atom. The highest BCUT2D eigenvalue weighted by molar-refractivity contribution is 5.87. The second-order valence-corrected chi connectivity index (χ2v) is 4.44. The van der Waals surface area contributed by atoms with Gasteiger partial charge in [0.1, 0.15) is 11.8 Å². The smallest absolute Gasteiger partial charge is 0.258 e. The molecule has 6 nitrogen and oxygen atoms in total. The van der Waals surface area contributed by atoms with Gasteiger partial charge in [0.2, 0.25) is 5.91 Å². The van der Waals surface area contributed by atoms with Gasteiger partial charge in [0, 0.05) is 18.3 Å². The number of nitrogen functional groups attached to an aromatic ring is 1. The number of nitrogens with one attached hydrogen (secondary N) is 2. The number of carbonyl (C=O) groups is 2. The van der Waals surface area contributed by atoms with Gasteiger partial charge in [0.05, 0.1) is 0 Å². The van der Waals surface area contributed by atoms with Gasteiger partial charge in [-0.25, -0.2) is 0 Å². The Balaban J connectivity index is 2.34. The molecule has 2 amide bonds. The molecule has 1 atom stereocenters. The van der Waals surface area contributed by atoms with E-state index in [-0.39, 0.29) is 18.4 Å². The predicted molar refractivity (Wildman–Crippen MR) is 77.3 cm³/mol. The number of anilines is 1. The van der Waals surface area contributed by atoms with Crippen LogP contribution in [0.25, 0.3) is 0 Å². The minimum Gasteiger partial charge on any atom is -0.484 e.